The number of nitrogens with one attached hydrogen (secondary N) is 2. The lowest BCUT2D eigenvalue weighted by Gasteiger charge is -2.24. The van der Waals surface area contributed by atoms with Crippen LogP contribution in [0.2, 0.25) is 5.02 Å². The summed E-state index contributed by atoms with van der Waals surface area (Å²) in [7, 11) is 0. The van der Waals surface area contributed by atoms with E-state index in [4.69, 9.17) is 17.3 Å². The monoisotopic (exact) mass is 395 g/mol. The fourth-order valence-corrected chi connectivity index (χ4v) is 2.34. The van der Waals surface area contributed by atoms with E-state index in [1.54, 1.807) is 42.5 Å². The molecule has 0 fully saturated rings. The second-order valence-electron chi connectivity index (χ2n) is 6.46. The fraction of sp³-hybridized carbons (Fsp3) is 0.263. The molecule has 0 aliphatic rings. The Balaban J connectivity index is 0.00000338. The van der Waals surface area contributed by atoms with E-state index < -0.39 is 0 Å². The zero-order valence-corrected chi connectivity index (χ0v) is 16.5. The first-order chi connectivity index (χ1) is 11.7. The van der Waals surface area contributed by atoms with Crippen LogP contribution in [0.15, 0.2) is 42.5 Å². The number of nitrogen functional groups attached to an aromatic ring is 1. The number of benzene rings is 2. The second-order valence-corrected chi connectivity index (χ2v) is 6.87. The SMILES string of the molecule is CCC(C)(C)NC(=O)c1ccc(NC(=O)c2ccc(N)cc2)cc1Cl.Cl. The van der Waals surface area contributed by atoms with Crippen LogP contribution in [0.3, 0.4) is 0 Å². The molecule has 2 amide bonds. The summed E-state index contributed by atoms with van der Waals surface area (Å²) in [5, 5.41) is 5.96. The molecule has 0 saturated heterocycles. The third-order valence-electron chi connectivity index (χ3n) is 3.98. The highest BCUT2D eigenvalue weighted by molar-refractivity contribution is 6.34. The molecule has 2 aromatic rings. The highest BCUT2D eigenvalue weighted by Gasteiger charge is 2.20. The molecule has 0 aliphatic carbocycles. The average molecular weight is 396 g/mol. The van der Waals surface area contributed by atoms with E-state index in [0.717, 1.165) is 6.42 Å². The van der Waals surface area contributed by atoms with Crippen molar-refractivity contribution in [2.75, 3.05) is 11.1 Å². The van der Waals surface area contributed by atoms with Crippen LogP contribution in [0.5, 0.6) is 0 Å². The van der Waals surface area contributed by atoms with Crippen LogP contribution in [0.1, 0.15) is 47.9 Å². The van der Waals surface area contributed by atoms with Gasteiger partial charge in [-0.15, -0.1) is 12.4 Å². The lowest BCUT2D eigenvalue weighted by molar-refractivity contribution is 0.0911. The van der Waals surface area contributed by atoms with Crippen molar-refractivity contribution >= 4 is 47.2 Å². The van der Waals surface area contributed by atoms with Crippen LogP contribution in [-0.4, -0.2) is 17.4 Å². The van der Waals surface area contributed by atoms with Crippen LogP contribution in [0, 0.1) is 0 Å². The van der Waals surface area contributed by atoms with E-state index in [-0.39, 0.29) is 34.8 Å². The molecule has 7 heteroatoms. The summed E-state index contributed by atoms with van der Waals surface area (Å²) >= 11 is 6.22. The molecule has 0 radical (unpaired) electrons. The third kappa shape index (κ3) is 5.64. The molecule has 0 unspecified atom stereocenters. The van der Waals surface area contributed by atoms with Gasteiger partial charge in [-0.1, -0.05) is 18.5 Å². The summed E-state index contributed by atoms with van der Waals surface area (Å²) < 4.78 is 0. The zero-order chi connectivity index (χ0) is 18.6. The van der Waals surface area contributed by atoms with Gasteiger partial charge in [0.15, 0.2) is 0 Å². The Hall–Kier alpha value is -2.24. The lowest BCUT2D eigenvalue weighted by Crippen LogP contribution is -2.42. The lowest BCUT2D eigenvalue weighted by atomic mass is 10.0. The molecule has 26 heavy (non-hydrogen) atoms. The molecule has 0 aliphatic heterocycles. The fourth-order valence-electron chi connectivity index (χ4n) is 2.08. The molecule has 0 saturated carbocycles. The van der Waals surface area contributed by atoms with E-state index in [0.29, 0.717) is 22.5 Å². The first kappa shape index (κ1) is 21.8. The number of carbonyl (C=O) groups excluding carboxylic acids is 2. The molecule has 2 rings (SSSR count). The topological polar surface area (TPSA) is 84.2 Å². The average Bonchev–Trinajstić information content (AvgIpc) is 2.55. The molecule has 0 heterocycles. The highest BCUT2D eigenvalue weighted by Crippen LogP contribution is 2.22. The maximum atomic E-state index is 12.3. The van der Waals surface area contributed by atoms with Crippen LogP contribution < -0.4 is 16.4 Å². The molecular weight excluding hydrogens is 373 g/mol. The minimum Gasteiger partial charge on any atom is -0.399 e. The highest BCUT2D eigenvalue weighted by atomic mass is 35.5. The van der Waals surface area contributed by atoms with Gasteiger partial charge in [-0.3, -0.25) is 9.59 Å². The number of carbonyl (C=O) groups is 2. The van der Waals surface area contributed by atoms with Crippen molar-refractivity contribution in [3.05, 3.63) is 58.6 Å². The number of hydrogen-bond acceptors (Lipinski definition) is 3. The quantitative estimate of drug-likeness (QED) is 0.650. The molecular formula is C19H23Cl2N3O2. The predicted molar refractivity (Wildman–Crippen MR) is 109 cm³/mol. The van der Waals surface area contributed by atoms with Gasteiger partial charge in [-0.25, -0.2) is 0 Å². The standard InChI is InChI=1S/C19H22ClN3O2.ClH/c1-4-19(2,3)23-18(25)15-10-9-14(11-16(15)20)22-17(24)12-5-7-13(21)8-6-12;/h5-11H,4,21H2,1-3H3,(H,22,24)(H,23,25);1H. The summed E-state index contributed by atoms with van der Waals surface area (Å²) in [5.41, 5.74) is 7.25. The molecule has 0 aromatic heterocycles. The van der Waals surface area contributed by atoms with Gasteiger partial charge in [0.2, 0.25) is 0 Å². The van der Waals surface area contributed by atoms with Crippen LogP contribution >= 0.6 is 24.0 Å². The minimum absolute atomic E-state index is 0. The molecule has 4 N–H and O–H groups in total. The van der Waals surface area contributed by atoms with Gasteiger partial charge in [0.05, 0.1) is 10.6 Å². The van der Waals surface area contributed by atoms with Crippen molar-refractivity contribution in [2.45, 2.75) is 32.7 Å². The first-order valence-electron chi connectivity index (χ1n) is 8.01. The maximum Gasteiger partial charge on any atom is 0.255 e. The first-order valence-corrected chi connectivity index (χ1v) is 8.38. The Morgan fingerprint density at radius 3 is 2.23 bits per heavy atom. The number of anilines is 2. The summed E-state index contributed by atoms with van der Waals surface area (Å²) in [6.07, 6.45) is 0.798. The van der Waals surface area contributed by atoms with E-state index >= 15 is 0 Å². The smallest absolute Gasteiger partial charge is 0.255 e. The molecule has 0 bridgehead atoms. The molecule has 0 spiro atoms. The molecule has 140 valence electrons. The minimum atomic E-state index is -0.317. The summed E-state index contributed by atoms with van der Waals surface area (Å²) in [6, 6.07) is 11.4. The van der Waals surface area contributed by atoms with Gasteiger partial charge < -0.3 is 16.4 Å². The van der Waals surface area contributed by atoms with Gasteiger partial charge in [-0.05, 0) is 62.7 Å². The van der Waals surface area contributed by atoms with E-state index in [9.17, 15) is 9.59 Å². The molecule has 0 atom stereocenters. The summed E-state index contributed by atoms with van der Waals surface area (Å²) in [5.74, 6) is -0.520. The Morgan fingerprint density at radius 1 is 1.08 bits per heavy atom. The number of rotatable bonds is 5. The van der Waals surface area contributed by atoms with Crippen molar-refractivity contribution in [1.29, 1.82) is 0 Å². The Bertz CT molecular complexity index is 790. The van der Waals surface area contributed by atoms with Crippen molar-refractivity contribution in [1.82, 2.24) is 5.32 Å². The van der Waals surface area contributed by atoms with Gasteiger partial charge in [-0.2, -0.15) is 0 Å². The maximum absolute atomic E-state index is 12.3. The summed E-state index contributed by atoms with van der Waals surface area (Å²) in [4.78, 5) is 24.5. The largest absolute Gasteiger partial charge is 0.399 e. The van der Waals surface area contributed by atoms with Gasteiger partial charge >= 0.3 is 0 Å². The van der Waals surface area contributed by atoms with E-state index in [1.165, 1.54) is 0 Å². The number of amides is 2. The molecule has 5 nitrogen and oxygen atoms in total. The predicted octanol–water partition coefficient (Wildman–Crippen LogP) is 4.51. The van der Waals surface area contributed by atoms with Crippen molar-refractivity contribution < 1.29 is 9.59 Å². The van der Waals surface area contributed by atoms with Gasteiger partial charge in [0, 0.05) is 22.5 Å². The van der Waals surface area contributed by atoms with Crippen molar-refractivity contribution in [3.63, 3.8) is 0 Å². The van der Waals surface area contributed by atoms with Crippen LogP contribution in [0.4, 0.5) is 11.4 Å². The van der Waals surface area contributed by atoms with Crippen molar-refractivity contribution in [3.8, 4) is 0 Å². The van der Waals surface area contributed by atoms with Crippen LogP contribution in [-0.2, 0) is 0 Å². The van der Waals surface area contributed by atoms with Gasteiger partial charge in [0.25, 0.3) is 11.8 Å². The van der Waals surface area contributed by atoms with Crippen molar-refractivity contribution in [2.24, 2.45) is 0 Å². The Kier molecular flexibility index (Phi) is 7.48. The normalized spacial score (nSPS) is 10.6. The second kappa shape index (κ2) is 8.92. The van der Waals surface area contributed by atoms with Gasteiger partial charge in [0.1, 0.15) is 0 Å². The van der Waals surface area contributed by atoms with Crippen LogP contribution in [0.25, 0.3) is 0 Å². The van der Waals surface area contributed by atoms with E-state index in [1.807, 2.05) is 20.8 Å². The molecule has 2 aromatic carbocycles. The number of nitrogens with two attached hydrogens (primary N) is 1. The van der Waals surface area contributed by atoms with E-state index in [2.05, 4.69) is 10.6 Å². The Morgan fingerprint density at radius 2 is 1.69 bits per heavy atom. The number of hydrogen-bond donors (Lipinski definition) is 3. The summed E-state index contributed by atoms with van der Waals surface area (Å²) in [6.45, 7) is 5.89. The third-order valence-corrected chi connectivity index (χ3v) is 4.29. The zero-order valence-electron chi connectivity index (χ0n) is 14.9. The number of halogens is 2. The Labute approximate surface area is 164 Å².